The number of fused-ring (bicyclic) bond motifs is 4. The van der Waals surface area contributed by atoms with Crippen molar-refractivity contribution in [1.29, 1.82) is 5.26 Å². The molecule has 0 fully saturated rings. The molecule has 0 spiro atoms. The van der Waals surface area contributed by atoms with Gasteiger partial charge in [-0.1, -0.05) is 16.4 Å². The molecule has 1 N–H and O–H groups in total. The second-order valence-corrected chi connectivity index (χ2v) is 14.5. The van der Waals surface area contributed by atoms with Gasteiger partial charge in [0.05, 0.1) is 47.9 Å². The number of nitrogens with zero attached hydrogens (tertiary/aromatic N) is 14. The van der Waals surface area contributed by atoms with Gasteiger partial charge in [-0.3, -0.25) is 19.7 Å². The van der Waals surface area contributed by atoms with E-state index in [2.05, 4.69) is 52.0 Å². The van der Waals surface area contributed by atoms with Gasteiger partial charge in [0.15, 0.2) is 34.2 Å². The zero-order valence-corrected chi connectivity index (χ0v) is 33.5. The van der Waals surface area contributed by atoms with Crippen molar-refractivity contribution in [1.82, 2.24) is 70.1 Å². The Morgan fingerprint density at radius 2 is 1.53 bits per heavy atom. The van der Waals surface area contributed by atoms with Crippen LogP contribution in [0.15, 0.2) is 51.5 Å². The Balaban J connectivity index is 0.990. The van der Waals surface area contributed by atoms with Gasteiger partial charge in [-0.05, 0) is 37.6 Å². The number of hydrogen-bond donors (Lipinski definition) is 1. The minimum absolute atomic E-state index is 0.0154. The van der Waals surface area contributed by atoms with Gasteiger partial charge in [0.2, 0.25) is 11.6 Å². The Morgan fingerprint density at radius 1 is 0.823 bits per heavy atom. The summed E-state index contributed by atoms with van der Waals surface area (Å²) >= 11 is 0. The minimum Gasteiger partial charge on any atom is -0.491 e. The standard InChI is InChI=1S/C40H35N15O7/c1-21-13-29(51-61-21)36-47-45-33-15-32(39(49-54(33)36)59-18-25-7-8-26-31(44-25)16-42-38(26)56)58-20-27-34(57-3)40(50-55-35(27)46-48-37(55)30-14-22(2)62-52-30)60-19-24-6-5-23-17-53(11-4-10-41)12-9-28(23)43-24/h5-8,13-15H,4,9,11-12,16-20H2,1-3H3,(H,42,56). The molecule has 312 valence electrons. The average molecular weight is 838 g/mol. The van der Waals surface area contributed by atoms with Gasteiger partial charge in [0.1, 0.15) is 31.3 Å². The molecule has 0 aliphatic carbocycles. The number of nitriles is 1. The number of amides is 1. The van der Waals surface area contributed by atoms with Crippen molar-refractivity contribution in [3.63, 3.8) is 0 Å². The third-order valence-electron chi connectivity index (χ3n) is 10.3. The Morgan fingerprint density at radius 3 is 2.27 bits per heavy atom. The van der Waals surface area contributed by atoms with E-state index in [9.17, 15) is 4.79 Å². The molecule has 10 heterocycles. The summed E-state index contributed by atoms with van der Waals surface area (Å²) in [6, 6.07) is 14.7. The highest BCUT2D eigenvalue weighted by atomic mass is 16.5. The highest BCUT2D eigenvalue weighted by Crippen LogP contribution is 2.36. The average Bonchev–Trinajstić information content (AvgIpc) is 4.15. The second-order valence-electron chi connectivity index (χ2n) is 14.5. The first-order valence-electron chi connectivity index (χ1n) is 19.5. The third kappa shape index (κ3) is 7.19. The molecule has 0 saturated heterocycles. The van der Waals surface area contributed by atoms with Crippen molar-refractivity contribution in [3.8, 4) is 52.4 Å². The van der Waals surface area contributed by atoms with E-state index in [-0.39, 0.29) is 49.0 Å². The Labute approximate surface area is 350 Å². The van der Waals surface area contributed by atoms with E-state index in [0.29, 0.717) is 87.0 Å². The topological polar surface area (TPSA) is 257 Å². The molecule has 0 atom stereocenters. The van der Waals surface area contributed by atoms with Crippen molar-refractivity contribution in [2.24, 2.45) is 0 Å². The van der Waals surface area contributed by atoms with Crippen LogP contribution in [0.2, 0.25) is 0 Å². The molecule has 10 rings (SSSR count). The van der Waals surface area contributed by atoms with Crippen LogP contribution in [0.1, 0.15) is 62.2 Å². The fraction of sp³-hybridized carbons (Fsp3) is 0.300. The highest BCUT2D eigenvalue weighted by molar-refractivity contribution is 5.97. The Bertz CT molecular complexity index is 3060. The molecule has 2 aliphatic heterocycles. The molecular formula is C40H35N15O7. The molecule has 8 aromatic heterocycles. The Kier molecular flexibility index (Phi) is 9.75. The van der Waals surface area contributed by atoms with Crippen molar-refractivity contribution in [3.05, 3.63) is 93.5 Å². The summed E-state index contributed by atoms with van der Waals surface area (Å²) < 4.78 is 38.8. The van der Waals surface area contributed by atoms with E-state index in [1.54, 1.807) is 44.2 Å². The zero-order valence-electron chi connectivity index (χ0n) is 33.5. The lowest BCUT2D eigenvalue weighted by Gasteiger charge is -2.27. The molecule has 22 heteroatoms. The van der Waals surface area contributed by atoms with Crippen LogP contribution in [0, 0.1) is 25.2 Å². The number of aryl methyl sites for hydroxylation is 2. The van der Waals surface area contributed by atoms with Gasteiger partial charge < -0.3 is 33.3 Å². The summed E-state index contributed by atoms with van der Waals surface area (Å²) in [5, 5.41) is 47.1. The fourth-order valence-electron chi connectivity index (χ4n) is 7.29. The minimum atomic E-state index is -0.174. The fourth-order valence-corrected chi connectivity index (χ4v) is 7.29. The second kappa shape index (κ2) is 15.8. The monoisotopic (exact) mass is 837 g/mol. The van der Waals surface area contributed by atoms with Gasteiger partial charge in [-0.2, -0.15) is 14.3 Å². The largest absolute Gasteiger partial charge is 0.491 e. The summed E-state index contributed by atoms with van der Waals surface area (Å²) in [7, 11) is 1.50. The van der Waals surface area contributed by atoms with Crippen molar-refractivity contribution >= 4 is 17.2 Å². The van der Waals surface area contributed by atoms with Gasteiger partial charge in [-0.15, -0.1) is 30.6 Å². The third-order valence-corrected chi connectivity index (χ3v) is 10.3. The molecular weight excluding hydrogens is 803 g/mol. The normalized spacial score (nSPS) is 13.5. The van der Waals surface area contributed by atoms with Crippen LogP contribution in [0.25, 0.3) is 34.3 Å². The molecule has 0 radical (unpaired) electrons. The summed E-state index contributed by atoms with van der Waals surface area (Å²) in [6.45, 7) is 6.03. The molecule has 0 bridgehead atoms. The van der Waals surface area contributed by atoms with Crippen LogP contribution in [0.3, 0.4) is 0 Å². The molecule has 8 aromatic rings. The van der Waals surface area contributed by atoms with Crippen LogP contribution in [0.5, 0.6) is 23.3 Å². The number of aromatic nitrogens is 12. The van der Waals surface area contributed by atoms with E-state index in [1.165, 1.54) is 16.1 Å². The quantitative estimate of drug-likeness (QED) is 0.164. The predicted molar refractivity (Wildman–Crippen MR) is 210 cm³/mol. The predicted octanol–water partition coefficient (Wildman–Crippen LogP) is 3.54. The van der Waals surface area contributed by atoms with Gasteiger partial charge in [0.25, 0.3) is 17.7 Å². The maximum Gasteiger partial charge on any atom is 0.275 e. The molecule has 0 aromatic carbocycles. The van der Waals surface area contributed by atoms with Crippen LogP contribution >= 0.6 is 0 Å². The molecule has 0 saturated carbocycles. The van der Waals surface area contributed by atoms with Crippen LogP contribution in [0.4, 0.5) is 0 Å². The van der Waals surface area contributed by atoms with Crippen molar-refractivity contribution < 1.29 is 32.8 Å². The highest BCUT2D eigenvalue weighted by Gasteiger charge is 2.27. The van der Waals surface area contributed by atoms with Crippen molar-refractivity contribution in [2.75, 3.05) is 20.2 Å². The number of carbonyl (C=O) groups is 1. The van der Waals surface area contributed by atoms with Crippen molar-refractivity contribution in [2.45, 2.75) is 59.6 Å². The van der Waals surface area contributed by atoms with E-state index in [4.69, 9.17) is 48.4 Å². The summed E-state index contributed by atoms with van der Waals surface area (Å²) in [4.78, 5) is 23.9. The summed E-state index contributed by atoms with van der Waals surface area (Å²) in [5.41, 5.74) is 6.40. The summed E-state index contributed by atoms with van der Waals surface area (Å²) in [5.74, 6) is 2.22. The van der Waals surface area contributed by atoms with Crippen LogP contribution in [-0.2, 0) is 39.3 Å². The first-order valence-corrected chi connectivity index (χ1v) is 19.5. The molecule has 1 amide bonds. The number of carbonyl (C=O) groups excluding carboxylic acids is 1. The first kappa shape index (κ1) is 38.2. The summed E-state index contributed by atoms with van der Waals surface area (Å²) in [6.07, 6.45) is 1.24. The molecule has 22 nitrogen and oxygen atoms in total. The molecule has 62 heavy (non-hydrogen) atoms. The van der Waals surface area contributed by atoms with E-state index < -0.39 is 0 Å². The number of hydrogen-bond acceptors (Lipinski definition) is 19. The number of rotatable bonds is 14. The lowest BCUT2D eigenvalue weighted by atomic mass is 10.0. The lowest BCUT2D eigenvalue weighted by molar-refractivity contribution is 0.0965. The van der Waals surface area contributed by atoms with E-state index in [0.717, 1.165) is 37.3 Å². The molecule has 2 aliphatic rings. The lowest BCUT2D eigenvalue weighted by Crippen LogP contribution is -2.32. The maximum absolute atomic E-state index is 12.2. The maximum atomic E-state index is 12.2. The van der Waals surface area contributed by atoms with Gasteiger partial charge in [0, 0.05) is 56.4 Å². The number of pyridine rings is 2. The smallest absolute Gasteiger partial charge is 0.275 e. The zero-order chi connectivity index (χ0) is 42.3. The van der Waals surface area contributed by atoms with Crippen LogP contribution in [-0.4, -0.2) is 90.9 Å². The Hall–Kier alpha value is -8.06. The number of nitrogens with one attached hydrogen (secondary N) is 1. The number of methoxy groups -OCH3 is 1. The number of ether oxygens (including phenoxy) is 4. The van der Waals surface area contributed by atoms with E-state index >= 15 is 0 Å². The van der Waals surface area contributed by atoms with E-state index in [1.807, 2.05) is 12.1 Å². The SMILES string of the molecule is COc1c(OCc2ccc3c(n2)CCN(CCC#N)C3)nn2c(-c3cc(C)on3)nnc2c1COc1cc2nnc(-c3cc(C)on3)n2nc1OCc1ccc2c(n1)CNC2=O. The van der Waals surface area contributed by atoms with Gasteiger partial charge >= 0.3 is 0 Å². The molecule has 0 unspecified atom stereocenters. The van der Waals surface area contributed by atoms with Crippen LogP contribution < -0.4 is 24.3 Å². The van der Waals surface area contributed by atoms with Gasteiger partial charge in [-0.25, -0.2) is 0 Å². The first-order chi connectivity index (χ1) is 30.3.